The molecule has 678 valence electrons. The van der Waals surface area contributed by atoms with Gasteiger partial charge in [0.15, 0.2) is 17.0 Å². The lowest BCUT2D eigenvalue weighted by Crippen LogP contribution is -2.57. The molecule has 32 nitrogen and oxygen atoms in total. The molecule has 8 N–H and O–H groups in total. The van der Waals surface area contributed by atoms with Crippen LogP contribution in [0.1, 0.15) is 148 Å². The number of ketones is 2. The highest BCUT2D eigenvalue weighted by Gasteiger charge is 2.49. The van der Waals surface area contributed by atoms with Crippen molar-refractivity contribution in [1.82, 2.24) is 44.3 Å². The van der Waals surface area contributed by atoms with Gasteiger partial charge in [-0.05, 0) is 148 Å². The van der Waals surface area contributed by atoms with Gasteiger partial charge in [0.05, 0.1) is 141 Å². The number of hydrogen-bond donors (Lipinski definition) is 6. The molecule has 4 fully saturated rings. The van der Waals surface area contributed by atoms with Gasteiger partial charge >= 0.3 is 6.09 Å². The van der Waals surface area contributed by atoms with Crippen molar-refractivity contribution in [2.45, 2.75) is 212 Å². The Morgan fingerprint density at radius 1 is 0.707 bits per heavy atom. The van der Waals surface area contributed by atoms with Crippen molar-refractivity contribution in [3.8, 4) is 11.3 Å². The van der Waals surface area contributed by atoms with Crippen molar-refractivity contribution < 1.29 is 101 Å². The number of Topliss-reactive ketones (excluding diaryl/α,β-unsaturated/α-hetero) is 2. The highest BCUT2D eigenvalue weighted by molar-refractivity contribution is 6.38. The van der Waals surface area contributed by atoms with E-state index in [0.717, 1.165) is 41.5 Å². The van der Waals surface area contributed by atoms with E-state index in [1.54, 1.807) is 45.1 Å². The number of piperazine rings is 1. The maximum atomic E-state index is 14.4. The van der Waals surface area contributed by atoms with Crippen LogP contribution in [0.2, 0.25) is 0 Å². The zero-order chi connectivity index (χ0) is 87.5. The van der Waals surface area contributed by atoms with E-state index in [1.165, 1.54) is 16.8 Å². The number of hydrogen-bond acceptors (Lipinski definition) is 28. The number of amides is 3. The summed E-state index contributed by atoms with van der Waals surface area (Å²) in [5.74, 6) is -5.40. The molecule has 15 atom stereocenters. The average Bonchev–Trinajstić information content (AvgIpc) is 1.63. The van der Waals surface area contributed by atoms with Crippen LogP contribution < -0.4 is 11.5 Å². The SMILES string of the molecule is CO[C@H]1C[C@@H]2CCC[C@@](O)(O2)C(=O)C(=O)N2CCCC[C@H]2CO[C@H]([C@H](C)C[C@@H]2CC[C@@H](OC(=O)N3CCN(CCOCCOCCOCCOCCOCCOCCC(=O)N4CCc5cc(Cn6nc(-c7ccc8oc(N)nc8c7)c7c(N)ncnc76)ccc5C4)CC3)[C@H](OC)C2)C[C@@H](O)[C@H](C)/C=C(\C)[C@@H](O)[C@@H](O)C(=O)[C@H](C)C[C@H](C)/C=C/C=CC=C1C. The highest BCUT2D eigenvalue weighted by Crippen LogP contribution is 2.39. The third-order valence-electron chi connectivity index (χ3n) is 24.9. The Labute approximate surface area is 722 Å². The molecule has 3 saturated heterocycles. The molecule has 0 unspecified atom stereocenters. The van der Waals surface area contributed by atoms with Crippen LogP contribution in [0.4, 0.5) is 16.6 Å². The third-order valence-corrected chi connectivity index (χ3v) is 24.9. The second-order valence-electron chi connectivity index (χ2n) is 34.1. The lowest BCUT2D eigenvalue weighted by Gasteiger charge is -2.41. The summed E-state index contributed by atoms with van der Waals surface area (Å²) in [4.78, 5) is 89.7. The maximum absolute atomic E-state index is 14.4. The van der Waals surface area contributed by atoms with E-state index in [4.69, 9.17) is 73.1 Å². The number of ether oxygens (including phenoxy) is 11. The molecule has 6 aliphatic rings. The molecule has 123 heavy (non-hydrogen) atoms. The van der Waals surface area contributed by atoms with Gasteiger partial charge in [0.1, 0.15) is 41.7 Å². The quantitative estimate of drug-likeness (QED) is 0.0142. The number of carbonyl (C=O) groups excluding carboxylic acids is 5. The third kappa shape index (κ3) is 27.3. The van der Waals surface area contributed by atoms with E-state index in [9.17, 15) is 44.4 Å². The number of rotatable bonds is 30. The fraction of sp³-hybridized carbons (Fsp3) is 0.659. The second kappa shape index (κ2) is 47.5. The number of anilines is 2. The molecule has 1 aliphatic carbocycles. The number of aliphatic hydroxyl groups excluding tert-OH is 3. The Balaban J connectivity index is 0.530. The molecule has 11 rings (SSSR count). The molecule has 5 aromatic rings. The van der Waals surface area contributed by atoms with E-state index in [2.05, 4.69) is 45.0 Å². The lowest BCUT2D eigenvalue weighted by atomic mass is 9.78. The van der Waals surface area contributed by atoms with Crippen molar-refractivity contribution >= 4 is 63.4 Å². The Kier molecular flexibility index (Phi) is 36.9. The van der Waals surface area contributed by atoms with Gasteiger partial charge < -0.3 is 103 Å². The van der Waals surface area contributed by atoms with Crippen LogP contribution in [0.5, 0.6) is 0 Å². The molecule has 0 spiro atoms. The van der Waals surface area contributed by atoms with Gasteiger partial charge in [-0.2, -0.15) is 10.1 Å². The largest absolute Gasteiger partial charge is 0.443 e. The number of aliphatic hydroxyl groups is 4. The van der Waals surface area contributed by atoms with E-state index in [0.29, 0.717) is 229 Å². The lowest BCUT2D eigenvalue weighted by molar-refractivity contribution is -0.245. The molecular weight excluding hydrogens is 1580 g/mol. The van der Waals surface area contributed by atoms with Gasteiger partial charge in [0.2, 0.25) is 11.7 Å². The summed E-state index contributed by atoms with van der Waals surface area (Å²) in [7, 11) is 3.23. The number of carbonyl (C=O) groups is 5. The smallest absolute Gasteiger partial charge is 0.410 e. The van der Waals surface area contributed by atoms with E-state index in [-0.39, 0.29) is 74.3 Å². The highest BCUT2D eigenvalue weighted by atomic mass is 16.6. The van der Waals surface area contributed by atoms with Gasteiger partial charge in [0.25, 0.3) is 17.7 Å². The standard InChI is InChI=1S/C91H133N11O21/c1-59-15-10-9-11-16-60(2)76(112-7)53-71-18-14-27-91(111,123-71)85(108)88(109)101-28-13-12-17-70(101)57-120-77(54-73(103)61(3)48-64(6)83(106)84(107)82(105)63(5)47-59)62(4)49-65-20-23-75(78(51-65)113-8)122-90(110)99-32-30-98(31-33-99)34-36-115-38-40-117-42-44-119-46-45-118-43-41-116-39-37-114-35-26-79(104)100-29-25-67-50-66(19-21-69(67)56-100)55-102-87-80(86(92)94-58-95-87)81(97-102)68-22-24-74-72(52-68)96-89(93)121-74/h9-11,15-16,19,21-22,24,48,50,52,58-59,61-63,65,70-71,73,75-78,83-84,103,106-107,111H,12-14,17-18,20,23,25-47,49,51,53-57H2,1-8H3,(H2,93,96)(H2,92,94,95)/b11-9?,15-10+,60-16?,64-48+/t59-,61-,62-,63-,65+,70+,71+,73-,75-,76+,77+,78-,83-,84+,91-/m1/s1. The number of nitrogen functional groups attached to an aromatic ring is 2. The minimum atomic E-state index is -2.31. The number of allylic oxidation sites excluding steroid dienone is 5. The Hall–Kier alpha value is -8.03. The molecular formula is C91H133N11O21. The predicted molar refractivity (Wildman–Crippen MR) is 460 cm³/mol. The Morgan fingerprint density at radius 3 is 2.14 bits per heavy atom. The molecule has 8 heterocycles. The van der Waals surface area contributed by atoms with Gasteiger partial charge in [-0.1, -0.05) is 82.4 Å². The fourth-order valence-corrected chi connectivity index (χ4v) is 17.7. The Morgan fingerprint density at radius 2 is 1.42 bits per heavy atom. The summed E-state index contributed by atoms with van der Waals surface area (Å²) >= 11 is 0. The molecule has 2 bridgehead atoms. The summed E-state index contributed by atoms with van der Waals surface area (Å²) in [6.45, 7) is 21.2. The van der Waals surface area contributed by atoms with Crippen molar-refractivity contribution in [3.05, 3.63) is 107 Å². The van der Waals surface area contributed by atoms with Gasteiger partial charge in [-0.3, -0.25) is 24.1 Å². The Bertz CT molecular complexity index is 4360. The van der Waals surface area contributed by atoms with Crippen molar-refractivity contribution in [1.29, 1.82) is 0 Å². The number of methoxy groups -OCH3 is 2. The first-order valence-corrected chi connectivity index (χ1v) is 44.2. The summed E-state index contributed by atoms with van der Waals surface area (Å²) < 4.78 is 72.8. The first-order chi connectivity index (χ1) is 59.4. The van der Waals surface area contributed by atoms with Gasteiger partial charge in [-0.15, -0.1) is 0 Å². The maximum Gasteiger partial charge on any atom is 0.410 e. The molecule has 32 heteroatoms. The van der Waals surface area contributed by atoms with E-state index in [1.807, 2.05) is 72.9 Å². The first-order valence-electron chi connectivity index (χ1n) is 44.2. The molecule has 1 saturated carbocycles. The van der Waals surface area contributed by atoms with Gasteiger partial charge in [-0.25, -0.2) is 19.4 Å². The number of nitrogens with zero attached hydrogens (tertiary/aromatic N) is 9. The van der Waals surface area contributed by atoms with Crippen LogP contribution in [0.15, 0.2) is 94.7 Å². The number of benzene rings is 2. The average molecular weight is 1720 g/mol. The number of aromatic nitrogens is 5. The molecule has 0 radical (unpaired) electrons. The number of fused-ring (bicyclic) bond motifs is 6. The number of piperidine rings is 1. The predicted octanol–water partition coefficient (Wildman–Crippen LogP) is 8.54. The first kappa shape index (κ1) is 95.6. The minimum Gasteiger partial charge on any atom is -0.443 e. The second-order valence-corrected chi connectivity index (χ2v) is 34.1. The molecule has 2 aromatic carbocycles. The molecule has 3 amide bonds. The summed E-state index contributed by atoms with van der Waals surface area (Å²) in [6, 6.07) is 11.4. The number of nitrogens with two attached hydrogens (primary N) is 2. The molecule has 3 aromatic heterocycles. The normalized spacial score (nSPS) is 27.8. The van der Waals surface area contributed by atoms with Crippen LogP contribution in [0.25, 0.3) is 33.4 Å². The topological polar surface area (TPSA) is 402 Å². The summed E-state index contributed by atoms with van der Waals surface area (Å²) in [5, 5.41) is 52.2. The summed E-state index contributed by atoms with van der Waals surface area (Å²) in [5.41, 5.74) is 20.0. The number of oxazole rings is 1. The van der Waals surface area contributed by atoms with Crippen LogP contribution in [-0.2, 0) is 90.8 Å². The van der Waals surface area contributed by atoms with Crippen LogP contribution in [-0.4, -0.2) is 301 Å². The van der Waals surface area contributed by atoms with E-state index < -0.39 is 83.9 Å². The van der Waals surface area contributed by atoms with Crippen LogP contribution in [0, 0.1) is 29.6 Å². The zero-order valence-electron chi connectivity index (χ0n) is 73.2. The van der Waals surface area contributed by atoms with Crippen molar-refractivity contribution in [2.75, 3.05) is 157 Å². The van der Waals surface area contributed by atoms with Crippen LogP contribution >= 0.6 is 0 Å². The monoisotopic (exact) mass is 1720 g/mol. The molecule has 5 aliphatic heterocycles. The van der Waals surface area contributed by atoms with Crippen molar-refractivity contribution in [3.63, 3.8) is 0 Å². The van der Waals surface area contributed by atoms with Crippen molar-refractivity contribution in [2.24, 2.45) is 29.6 Å². The van der Waals surface area contributed by atoms with Crippen LogP contribution in [0.3, 0.4) is 0 Å². The summed E-state index contributed by atoms with van der Waals surface area (Å²) in [6.07, 6.45) is 13.3. The van der Waals surface area contributed by atoms with Gasteiger partial charge in [0, 0.05) is 103 Å². The van der Waals surface area contributed by atoms with E-state index >= 15 is 0 Å². The zero-order valence-corrected chi connectivity index (χ0v) is 73.2. The fourth-order valence-electron chi connectivity index (χ4n) is 17.7. The minimum absolute atomic E-state index is 0.0220.